The van der Waals surface area contributed by atoms with Gasteiger partial charge >= 0.3 is 12.2 Å². The number of hydrogen-bond donors (Lipinski definition) is 2. The molecule has 1 aromatic rings. The molecule has 24 heavy (non-hydrogen) atoms. The Morgan fingerprint density at radius 1 is 0.917 bits per heavy atom. The van der Waals surface area contributed by atoms with Crippen LogP contribution in [0.4, 0.5) is 9.59 Å². The lowest BCUT2D eigenvalue weighted by Crippen LogP contribution is -2.43. The minimum atomic E-state index is -0.534. The van der Waals surface area contributed by atoms with Crippen LogP contribution in [0.3, 0.4) is 0 Å². The Bertz CT molecular complexity index is 536. The molecule has 0 aliphatic carbocycles. The highest BCUT2D eigenvalue weighted by atomic mass is 16.6. The maximum absolute atomic E-state index is 11.7. The highest BCUT2D eigenvalue weighted by Gasteiger charge is 2.22. The summed E-state index contributed by atoms with van der Waals surface area (Å²) in [5.74, 6) is 0. The summed E-state index contributed by atoms with van der Waals surface area (Å²) in [7, 11) is 0. The second kappa shape index (κ2) is 8.57. The topological polar surface area (TPSA) is 76.7 Å². The number of ether oxygens (including phenoxy) is 2. The normalized spacial score (nSPS) is 11.5. The molecule has 1 rings (SSSR count). The van der Waals surface area contributed by atoms with Crippen LogP contribution in [-0.4, -0.2) is 30.9 Å². The number of nitrogens with one attached hydrogen (secondary N) is 2. The molecule has 0 bridgehead atoms. The third-order valence-electron chi connectivity index (χ3n) is 3.03. The molecule has 0 saturated heterocycles. The molecule has 0 aliphatic heterocycles. The van der Waals surface area contributed by atoms with E-state index in [2.05, 4.69) is 10.6 Å². The van der Waals surface area contributed by atoms with E-state index in [0.29, 0.717) is 13.1 Å². The predicted molar refractivity (Wildman–Crippen MR) is 92.6 cm³/mol. The number of carbonyl (C=O) groups is 2. The number of carbonyl (C=O) groups excluding carboxylic acids is 2. The third kappa shape index (κ3) is 9.02. The van der Waals surface area contributed by atoms with Crippen molar-refractivity contribution in [3.05, 3.63) is 35.9 Å². The number of alkyl carbamates (subject to hydrolysis) is 2. The molecule has 2 amide bonds. The zero-order valence-corrected chi connectivity index (χ0v) is 15.1. The molecule has 0 aliphatic rings. The Hall–Kier alpha value is -2.24. The van der Waals surface area contributed by atoms with Gasteiger partial charge < -0.3 is 20.1 Å². The van der Waals surface area contributed by atoms with E-state index >= 15 is 0 Å². The fourth-order valence-electron chi connectivity index (χ4n) is 1.77. The molecule has 0 saturated carbocycles. The molecule has 0 heterocycles. The fourth-order valence-corrected chi connectivity index (χ4v) is 1.77. The van der Waals surface area contributed by atoms with Crippen LogP contribution >= 0.6 is 0 Å². The van der Waals surface area contributed by atoms with E-state index in [9.17, 15) is 9.59 Å². The van der Waals surface area contributed by atoms with Gasteiger partial charge in [-0.1, -0.05) is 44.2 Å². The average molecular weight is 336 g/mol. The summed E-state index contributed by atoms with van der Waals surface area (Å²) in [5.41, 5.74) is 0.0645. The highest BCUT2D eigenvalue weighted by molar-refractivity contribution is 5.68. The smallest absolute Gasteiger partial charge is 0.407 e. The number of amides is 2. The number of benzene rings is 1. The van der Waals surface area contributed by atoms with E-state index in [1.54, 1.807) is 0 Å². The molecule has 0 unspecified atom stereocenters. The van der Waals surface area contributed by atoms with Crippen molar-refractivity contribution in [2.75, 3.05) is 13.1 Å². The first-order chi connectivity index (χ1) is 11.1. The van der Waals surface area contributed by atoms with Crippen molar-refractivity contribution in [3.8, 4) is 0 Å². The van der Waals surface area contributed by atoms with Gasteiger partial charge in [-0.05, 0) is 31.7 Å². The van der Waals surface area contributed by atoms with Crippen molar-refractivity contribution in [2.24, 2.45) is 5.41 Å². The van der Waals surface area contributed by atoms with Gasteiger partial charge in [0.15, 0.2) is 0 Å². The Balaban J connectivity index is 2.28. The standard InChI is InChI=1S/C18H28N2O4/c1-17(2,3)24-16(22)20-13-18(4,5)12-19-15(21)23-11-14-9-7-6-8-10-14/h6-10H,11-13H2,1-5H3,(H,19,21)(H,20,22). The summed E-state index contributed by atoms with van der Waals surface area (Å²) >= 11 is 0. The molecule has 0 aromatic heterocycles. The monoisotopic (exact) mass is 336 g/mol. The van der Waals surface area contributed by atoms with Gasteiger partial charge in [0.2, 0.25) is 0 Å². The fraction of sp³-hybridized carbons (Fsp3) is 0.556. The average Bonchev–Trinajstić information content (AvgIpc) is 2.49. The quantitative estimate of drug-likeness (QED) is 0.834. The van der Waals surface area contributed by atoms with Crippen LogP contribution in [0.15, 0.2) is 30.3 Å². The maximum Gasteiger partial charge on any atom is 0.407 e. The molecular formula is C18H28N2O4. The van der Waals surface area contributed by atoms with Crippen molar-refractivity contribution in [2.45, 2.75) is 46.8 Å². The molecule has 0 atom stereocenters. The van der Waals surface area contributed by atoms with Crippen LogP contribution in [0, 0.1) is 5.41 Å². The van der Waals surface area contributed by atoms with Crippen molar-refractivity contribution in [1.82, 2.24) is 10.6 Å². The highest BCUT2D eigenvalue weighted by Crippen LogP contribution is 2.13. The maximum atomic E-state index is 11.7. The molecule has 134 valence electrons. The number of hydrogen-bond acceptors (Lipinski definition) is 4. The third-order valence-corrected chi connectivity index (χ3v) is 3.03. The van der Waals surface area contributed by atoms with E-state index in [0.717, 1.165) is 5.56 Å². The second-order valence-electron chi connectivity index (χ2n) is 7.43. The first-order valence-electron chi connectivity index (χ1n) is 7.99. The van der Waals surface area contributed by atoms with Gasteiger partial charge in [-0.3, -0.25) is 0 Å². The molecule has 0 spiro atoms. The van der Waals surface area contributed by atoms with E-state index < -0.39 is 17.8 Å². The molecule has 1 aromatic carbocycles. The minimum Gasteiger partial charge on any atom is -0.445 e. The van der Waals surface area contributed by atoms with Crippen LogP contribution < -0.4 is 10.6 Å². The van der Waals surface area contributed by atoms with Gasteiger partial charge in [-0.15, -0.1) is 0 Å². The van der Waals surface area contributed by atoms with Crippen LogP contribution in [-0.2, 0) is 16.1 Å². The Labute approximate surface area is 143 Å². The first kappa shape index (κ1) is 19.8. The summed E-state index contributed by atoms with van der Waals surface area (Å²) in [4.78, 5) is 23.4. The van der Waals surface area contributed by atoms with Crippen molar-refractivity contribution in [1.29, 1.82) is 0 Å². The van der Waals surface area contributed by atoms with Gasteiger partial charge in [-0.2, -0.15) is 0 Å². The molecular weight excluding hydrogens is 308 g/mol. The van der Waals surface area contributed by atoms with E-state index in [1.807, 2.05) is 65.0 Å². The van der Waals surface area contributed by atoms with Crippen molar-refractivity contribution in [3.63, 3.8) is 0 Å². The van der Waals surface area contributed by atoms with Crippen LogP contribution in [0.25, 0.3) is 0 Å². The van der Waals surface area contributed by atoms with Crippen molar-refractivity contribution < 1.29 is 19.1 Å². The Morgan fingerprint density at radius 3 is 2.00 bits per heavy atom. The lowest BCUT2D eigenvalue weighted by Gasteiger charge is -2.26. The summed E-state index contributed by atoms with van der Waals surface area (Å²) in [6, 6.07) is 9.47. The summed E-state index contributed by atoms with van der Waals surface area (Å²) in [5, 5.41) is 5.42. The second-order valence-corrected chi connectivity index (χ2v) is 7.43. The van der Waals surface area contributed by atoms with E-state index in [-0.39, 0.29) is 12.0 Å². The number of rotatable bonds is 6. The molecule has 0 radical (unpaired) electrons. The predicted octanol–water partition coefficient (Wildman–Crippen LogP) is 3.46. The van der Waals surface area contributed by atoms with Crippen LogP contribution in [0.1, 0.15) is 40.2 Å². The zero-order valence-electron chi connectivity index (χ0n) is 15.1. The first-order valence-corrected chi connectivity index (χ1v) is 7.99. The zero-order chi connectivity index (χ0) is 18.2. The van der Waals surface area contributed by atoms with E-state index in [1.165, 1.54) is 0 Å². The minimum absolute atomic E-state index is 0.225. The lowest BCUT2D eigenvalue weighted by atomic mass is 9.93. The lowest BCUT2D eigenvalue weighted by molar-refractivity contribution is 0.0506. The molecule has 6 heteroatoms. The van der Waals surface area contributed by atoms with Crippen molar-refractivity contribution >= 4 is 12.2 Å². The summed E-state index contributed by atoms with van der Waals surface area (Å²) < 4.78 is 10.3. The van der Waals surface area contributed by atoms with Crippen LogP contribution in [0.2, 0.25) is 0 Å². The largest absolute Gasteiger partial charge is 0.445 e. The van der Waals surface area contributed by atoms with Gasteiger partial charge in [0.1, 0.15) is 12.2 Å². The van der Waals surface area contributed by atoms with Gasteiger partial charge in [-0.25, -0.2) is 9.59 Å². The van der Waals surface area contributed by atoms with Gasteiger partial charge in [0, 0.05) is 13.1 Å². The molecule has 6 nitrogen and oxygen atoms in total. The van der Waals surface area contributed by atoms with Gasteiger partial charge in [0.05, 0.1) is 0 Å². The summed E-state index contributed by atoms with van der Waals surface area (Å²) in [6.07, 6.45) is -0.952. The Morgan fingerprint density at radius 2 is 1.46 bits per heavy atom. The SMILES string of the molecule is CC(C)(CNC(=O)OCc1ccccc1)CNC(=O)OC(C)(C)C. The molecule has 2 N–H and O–H groups in total. The Kier molecular flexibility index (Phi) is 7.07. The summed E-state index contributed by atoms with van der Waals surface area (Å²) in [6.45, 7) is 10.3. The van der Waals surface area contributed by atoms with Gasteiger partial charge in [0.25, 0.3) is 0 Å². The van der Waals surface area contributed by atoms with E-state index in [4.69, 9.17) is 9.47 Å². The van der Waals surface area contributed by atoms with Crippen LogP contribution in [0.5, 0.6) is 0 Å². The molecule has 0 fully saturated rings.